The molecule has 0 N–H and O–H groups in total. The van der Waals surface area contributed by atoms with E-state index in [1.807, 2.05) is 0 Å². The Balaban J connectivity index is 1.66. The van der Waals surface area contributed by atoms with Crippen molar-refractivity contribution in [1.82, 2.24) is 9.80 Å². The highest BCUT2D eigenvalue weighted by Gasteiger charge is 2.37. The van der Waals surface area contributed by atoms with Gasteiger partial charge in [0.15, 0.2) is 0 Å². The Bertz CT molecular complexity index is 1040. The lowest BCUT2D eigenvalue weighted by Crippen LogP contribution is -2.50. The number of halogens is 5. The van der Waals surface area contributed by atoms with Crippen LogP contribution in [0.2, 0.25) is 5.02 Å². The van der Waals surface area contributed by atoms with E-state index >= 15 is 0 Å². The van der Waals surface area contributed by atoms with Gasteiger partial charge in [-0.1, -0.05) is 23.6 Å². The molecule has 3 rings (SSSR count). The van der Waals surface area contributed by atoms with E-state index in [0.29, 0.717) is 16.7 Å². The van der Waals surface area contributed by atoms with Gasteiger partial charge in [-0.2, -0.15) is 13.2 Å². The summed E-state index contributed by atoms with van der Waals surface area (Å²) in [6.07, 6.45) is -4.86. The van der Waals surface area contributed by atoms with Crippen LogP contribution in [0.3, 0.4) is 0 Å². The maximum atomic E-state index is 13.3. The van der Waals surface area contributed by atoms with Crippen LogP contribution in [0.4, 0.5) is 17.6 Å². The topological polar surface area (TPSA) is 40.6 Å². The quantitative estimate of drug-likeness (QED) is 0.501. The Morgan fingerprint density at radius 2 is 1.63 bits per heavy atom. The van der Waals surface area contributed by atoms with Crippen molar-refractivity contribution in [3.8, 4) is 11.8 Å². The third-order valence-corrected chi connectivity index (χ3v) is 4.75. The summed E-state index contributed by atoms with van der Waals surface area (Å²) in [5, 5.41) is 0.486. The Hall–Kier alpha value is -3.05. The molecule has 0 saturated carbocycles. The number of benzene rings is 2. The van der Waals surface area contributed by atoms with Crippen molar-refractivity contribution in [2.45, 2.75) is 6.18 Å². The van der Waals surface area contributed by atoms with Crippen molar-refractivity contribution < 1.29 is 27.2 Å². The lowest BCUT2D eigenvalue weighted by molar-refractivity contribution is -0.138. The molecule has 0 bridgehead atoms. The molecule has 1 fully saturated rings. The van der Waals surface area contributed by atoms with Gasteiger partial charge in [0.25, 0.3) is 11.8 Å². The summed E-state index contributed by atoms with van der Waals surface area (Å²) in [7, 11) is 0. The van der Waals surface area contributed by atoms with Crippen molar-refractivity contribution in [1.29, 1.82) is 0 Å². The van der Waals surface area contributed by atoms with Gasteiger partial charge in [-0.3, -0.25) is 9.59 Å². The zero-order valence-corrected chi connectivity index (χ0v) is 16.2. The highest BCUT2D eigenvalue weighted by molar-refractivity contribution is 6.30. The average Bonchev–Trinajstić information content (AvgIpc) is 2.71. The molecule has 4 nitrogen and oxygen atoms in total. The Kier molecular flexibility index (Phi) is 6.32. The van der Waals surface area contributed by atoms with Gasteiger partial charge in [-0.25, -0.2) is 4.39 Å². The number of hydrogen-bond donors (Lipinski definition) is 0. The monoisotopic (exact) mass is 438 g/mol. The van der Waals surface area contributed by atoms with Gasteiger partial charge in [-0.05, 0) is 36.4 Å². The predicted molar refractivity (Wildman–Crippen MR) is 102 cm³/mol. The van der Waals surface area contributed by atoms with Crippen LogP contribution in [0.1, 0.15) is 21.5 Å². The summed E-state index contributed by atoms with van der Waals surface area (Å²) in [6, 6.07) is 8.63. The largest absolute Gasteiger partial charge is 0.417 e. The molecule has 1 aliphatic heterocycles. The molecular formula is C21H15ClF4N2O2. The molecule has 2 aromatic rings. The van der Waals surface area contributed by atoms with Crippen LogP contribution in [0.5, 0.6) is 0 Å². The van der Waals surface area contributed by atoms with Crippen molar-refractivity contribution in [3.05, 3.63) is 70.0 Å². The highest BCUT2D eigenvalue weighted by atomic mass is 35.5. The van der Waals surface area contributed by atoms with E-state index < -0.39 is 34.9 Å². The summed E-state index contributed by atoms with van der Waals surface area (Å²) in [6.45, 7) is 0.324. The third-order valence-electron chi connectivity index (χ3n) is 4.51. The van der Waals surface area contributed by atoms with E-state index in [0.717, 1.165) is 12.1 Å². The standard InChI is InChI=1S/C21H15ClF4N2O2/c22-15-3-1-2-14(12-15)4-7-19(29)27-8-10-28(11-9-27)20(30)17-6-5-16(23)13-18(17)21(24,25)26/h1-3,5-6,12-13H,8-11H2. The number of piperazine rings is 1. The molecule has 2 amide bonds. The minimum absolute atomic E-state index is 0.0398. The third kappa shape index (κ3) is 5.10. The second-order valence-corrected chi connectivity index (χ2v) is 6.97. The molecule has 1 heterocycles. The van der Waals surface area contributed by atoms with E-state index in [9.17, 15) is 27.2 Å². The smallest absolute Gasteiger partial charge is 0.335 e. The molecule has 0 unspecified atom stereocenters. The summed E-state index contributed by atoms with van der Waals surface area (Å²) in [4.78, 5) is 27.4. The molecule has 0 spiro atoms. The number of amides is 2. The summed E-state index contributed by atoms with van der Waals surface area (Å²) >= 11 is 5.86. The number of carbonyl (C=O) groups excluding carboxylic acids is 2. The first-order chi connectivity index (χ1) is 14.1. The number of nitrogens with zero attached hydrogens (tertiary/aromatic N) is 2. The first-order valence-corrected chi connectivity index (χ1v) is 9.25. The van der Waals surface area contributed by atoms with E-state index in [1.165, 1.54) is 9.80 Å². The van der Waals surface area contributed by atoms with Gasteiger partial charge in [0.1, 0.15) is 5.82 Å². The molecule has 0 aliphatic carbocycles. The number of carbonyl (C=O) groups is 2. The van der Waals surface area contributed by atoms with Gasteiger partial charge in [0.05, 0.1) is 11.1 Å². The SMILES string of the molecule is O=C(C#Cc1cccc(Cl)c1)N1CCN(C(=O)c2ccc(F)cc2C(F)(F)F)CC1. The summed E-state index contributed by atoms with van der Waals surface area (Å²) in [5.41, 5.74) is -1.37. The Labute approximate surface area is 175 Å². The Morgan fingerprint density at radius 1 is 0.967 bits per heavy atom. The molecule has 9 heteroatoms. The van der Waals surface area contributed by atoms with E-state index in [-0.39, 0.29) is 26.2 Å². The van der Waals surface area contributed by atoms with Crippen molar-refractivity contribution >= 4 is 23.4 Å². The first-order valence-electron chi connectivity index (χ1n) is 8.87. The van der Waals surface area contributed by atoms with Gasteiger partial charge >= 0.3 is 6.18 Å². The van der Waals surface area contributed by atoms with E-state index in [1.54, 1.807) is 24.3 Å². The predicted octanol–water partition coefficient (Wildman–Crippen LogP) is 3.83. The van der Waals surface area contributed by atoms with Crippen LogP contribution in [0, 0.1) is 17.7 Å². The lowest BCUT2D eigenvalue weighted by Gasteiger charge is -2.34. The van der Waals surface area contributed by atoms with Crippen molar-refractivity contribution in [2.75, 3.05) is 26.2 Å². The Morgan fingerprint density at radius 3 is 2.27 bits per heavy atom. The number of rotatable bonds is 1. The number of hydrogen-bond acceptors (Lipinski definition) is 2. The lowest BCUT2D eigenvalue weighted by atomic mass is 10.0. The molecule has 1 aliphatic rings. The molecule has 0 radical (unpaired) electrons. The second kappa shape index (κ2) is 8.76. The number of alkyl halides is 3. The average molecular weight is 439 g/mol. The van der Waals surface area contributed by atoms with Crippen LogP contribution >= 0.6 is 11.6 Å². The van der Waals surface area contributed by atoms with Crippen LogP contribution < -0.4 is 0 Å². The maximum Gasteiger partial charge on any atom is 0.417 e. The summed E-state index contributed by atoms with van der Waals surface area (Å²) < 4.78 is 52.7. The maximum absolute atomic E-state index is 13.3. The van der Waals surface area contributed by atoms with Gasteiger partial charge in [0.2, 0.25) is 0 Å². The van der Waals surface area contributed by atoms with Crippen molar-refractivity contribution in [3.63, 3.8) is 0 Å². The molecule has 0 atom stereocenters. The fourth-order valence-electron chi connectivity index (χ4n) is 2.99. The van der Waals surface area contributed by atoms with E-state index in [4.69, 9.17) is 11.6 Å². The van der Waals surface area contributed by atoms with Crippen LogP contribution in [-0.2, 0) is 11.0 Å². The van der Waals surface area contributed by atoms with E-state index in [2.05, 4.69) is 11.8 Å². The van der Waals surface area contributed by atoms with Gasteiger partial charge < -0.3 is 9.80 Å². The summed E-state index contributed by atoms with van der Waals surface area (Å²) in [5.74, 6) is 2.80. The van der Waals surface area contributed by atoms with Gasteiger partial charge in [0, 0.05) is 42.7 Å². The zero-order chi connectivity index (χ0) is 21.9. The minimum atomic E-state index is -4.86. The van der Waals surface area contributed by atoms with Crippen LogP contribution in [0.15, 0.2) is 42.5 Å². The van der Waals surface area contributed by atoms with Crippen LogP contribution in [-0.4, -0.2) is 47.8 Å². The van der Waals surface area contributed by atoms with Gasteiger partial charge in [-0.15, -0.1) is 0 Å². The molecule has 156 valence electrons. The van der Waals surface area contributed by atoms with Crippen molar-refractivity contribution in [2.24, 2.45) is 0 Å². The van der Waals surface area contributed by atoms with Crippen LogP contribution in [0.25, 0.3) is 0 Å². The minimum Gasteiger partial charge on any atom is -0.335 e. The molecule has 1 saturated heterocycles. The highest BCUT2D eigenvalue weighted by Crippen LogP contribution is 2.33. The second-order valence-electron chi connectivity index (χ2n) is 6.53. The molecule has 0 aromatic heterocycles. The normalized spacial score (nSPS) is 14.2. The zero-order valence-electron chi connectivity index (χ0n) is 15.5. The molecule has 30 heavy (non-hydrogen) atoms. The fraction of sp³-hybridized carbons (Fsp3) is 0.238. The molecular weight excluding hydrogens is 424 g/mol. The molecule has 2 aromatic carbocycles. The first kappa shape index (κ1) is 21.7. The fourth-order valence-corrected chi connectivity index (χ4v) is 3.18.